The molecule has 0 bridgehead atoms. The third kappa shape index (κ3) is 6.25. The quantitative estimate of drug-likeness (QED) is 0.484. The van der Waals surface area contributed by atoms with Crippen LogP contribution in [0, 0.1) is 11.8 Å². The molecular weight excluding hydrogens is 368 g/mol. The van der Waals surface area contributed by atoms with Gasteiger partial charge >= 0.3 is 0 Å². The van der Waals surface area contributed by atoms with Gasteiger partial charge in [-0.2, -0.15) is 0 Å². The molecule has 2 aliphatic rings. The molecule has 3 rings (SSSR count). The molecule has 2 fully saturated rings. The number of nitrogens with zero attached hydrogens (tertiary/aromatic N) is 4. The fourth-order valence-corrected chi connectivity index (χ4v) is 4.55. The highest BCUT2D eigenvalue weighted by Gasteiger charge is 2.21. The maximum Gasteiger partial charge on any atom is 0.225 e. The van der Waals surface area contributed by atoms with Gasteiger partial charge in [-0.05, 0) is 56.6 Å². The maximum absolute atomic E-state index is 5.97. The van der Waals surface area contributed by atoms with Crippen molar-refractivity contribution in [3.63, 3.8) is 0 Å². The average Bonchev–Trinajstić information content (AvgIpc) is 2.69. The first-order chi connectivity index (χ1) is 12.7. The SMILES string of the molecule is CSN1CCC(COCCCC2CCN(c3ncc(Cl)cn3)CC2)CC1. The molecule has 3 heterocycles. The van der Waals surface area contributed by atoms with Crippen molar-refractivity contribution in [1.82, 2.24) is 14.3 Å². The van der Waals surface area contributed by atoms with Gasteiger partial charge < -0.3 is 9.64 Å². The number of rotatable bonds is 8. The highest BCUT2D eigenvalue weighted by molar-refractivity contribution is 7.96. The van der Waals surface area contributed by atoms with Crippen molar-refractivity contribution in [1.29, 1.82) is 0 Å². The molecule has 1 aromatic heterocycles. The van der Waals surface area contributed by atoms with Gasteiger partial charge in [-0.3, -0.25) is 4.31 Å². The molecule has 1 aromatic rings. The Kier molecular flexibility index (Phi) is 8.30. The Balaban J connectivity index is 1.24. The first kappa shape index (κ1) is 20.2. The Morgan fingerprint density at radius 1 is 1.08 bits per heavy atom. The van der Waals surface area contributed by atoms with Crippen LogP contribution in [-0.4, -0.2) is 59.9 Å². The summed E-state index contributed by atoms with van der Waals surface area (Å²) < 4.78 is 8.42. The first-order valence-electron chi connectivity index (χ1n) is 9.84. The molecule has 0 radical (unpaired) electrons. The molecule has 0 aromatic carbocycles. The minimum absolute atomic E-state index is 0.596. The lowest BCUT2D eigenvalue weighted by Gasteiger charge is -2.32. The fraction of sp³-hybridized carbons (Fsp3) is 0.789. The maximum atomic E-state index is 5.97. The minimum atomic E-state index is 0.596. The van der Waals surface area contributed by atoms with Crippen molar-refractivity contribution in [2.24, 2.45) is 11.8 Å². The Labute approximate surface area is 167 Å². The van der Waals surface area contributed by atoms with Crippen LogP contribution in [0.4, 0.5) is 5.95 Å². The van der Waals surface area contributed by atoms with Crippen molar-refractivity contribution in [2.45, 2.75) is 38.5 Å². The van der Waals surface area contributed by atoms with E-state index in [0.29, 0.717) is 5.02 Å². The molecule has 0 amide bonds. The average molecular weight is 399 g/mol. The molecule has 0 N–H and O–H groups in total. The molecule has 0 aliphatic carbocycles. The Bertz CT molecular complexity index is 517. The van der Waals surface area contributed by atoms with Gasteiger partial charge in [0, 0.05) is 39.4 Å². The summed E-state index contributed by atoms with van der Waals surface area (Å²) in [6, 6.07) is 0. The van der Waals surface area contributed by atoms with Crippen molar-refractivity contribution < 1.29 is 4.74 Å². The summed E-state index contributed by atoms with van der Waals surface area (Å²) in [6.07, 6.45) is 13.0. The summed E-state index contributed by atoms with van der Waals surface area (Å²) in [6.45, 7) is 6.39. The number of hydrogen-bond donors (Lipinski definition) is 0. The molecule has 0 unspecified atom stereocenters. The topological polar surface area (TPSA) is 41.5 Å². The second-order valence-electron chi connectivity index (χ2n) is 7.40. The molecule has 0 atom stereocenters. The zero-order valence-electron chi connectivity index (χ0n) is 15.8. The van der Waals surface area contributed by atoms with Crippen molar-refractivity contribution in [2.75, 3.05) is 50.5 Å². The summed E-state index contributed by atoms with van der Waals surface area (Å²) in [5.74, 6) is 2.39. The van der Waals surface area contributed by atoms with E-state index in [1.807, 2.05) is 11.9 Å². The van der Waals surface area contributed by atoms with Crippen LogP contribution in [0.1, 0.15) is 38.5 Å². The second-order valence-corrected chi connectivity index (χ2v) is 8.72. The lowest BCUT2D eigenvalue weighted by molar-refractivity contribution is 0.0757. The zero-order valence-corrected chi connectivity index (χ0v) is 17.4. The van der Waals surface area contributed by atoms with E-state index in [0.717, 1.165) is 44.1 Å². The third-order valence-electron chi connectivity index (χ3n) is 5.59. The minimum Gasteiger partial charge on any atom is -0.381 e. The van der Waals surface area contributed by atoms with Crippen LogP contribution in [-0.2, 0) is 4.74 Å². The normalized spacial score (nSPS) is 20.6. The molecule has 0 saturated carbocycles. The highest BCUT2D eigenvalue weighted by atomic mass is 35.5. The smallest absolute Gasteiger partial charge is 0.225 e. The van der Waals surface area contributed by atoms with Crippen LogP contribution in [0.3, 0.4) is 0 Å². The lowest BCUT2D eigenvalue weighted by atomic mass is 9.92. The van der Waals surface area contributed by atoms with E-state index in [2.05, 4.69) is 25.4 Å². The van der Waals surface area contributed by atoms with Gasteiger partial charge in [0.25, 0.3) is 0 Å². The number of aromatic nitrogens is 2. The number of piperidine rings is 2. The van der Waals surface area contributed by atoms with Crippen LogP contribution in [0.15, 0.2) is 12.4 Å². The predicted octanol–water partition coefficient (Wildman–Crippen LogP) is 4.13. The Morgan fingerprint density at radius 3 is 2.38 bits per heavy atom. The van der Waals surface area contributed by atoms with Crippen LogP contribution in [0.2, 0.25) is 5.02 Å². The second kappa shape index (κ2) is 10.7. The van der Waals surface area contributed by atoms with E-state index < -0.39 is 0 Å². The van der Waals surface area contributed by atoms with Gasteiger partial charge in [0.2, 0.25) is 5.95 Å². The number of halogens is 1. The van der Waals surface area contributed by atoms with Gasteiger partial charge in [0.1, 0.15) is 0 Å². The van der Waals surface area contributed by atoms with E-state index in [1.54, 1.807) is 12.4 Å². The predicted molar refractivity (Wildman–Crippen MR) is 110 cm³/mol. The fourth-order valence-electron chi connectivity index (χ4n) is 3.87. The van der Waals surface area contributed by atoms with Gasteiger partial charge in [-0.15, -0.1) is 0 Å². The first-order valence-corrected chi connectivity index (χ1v) is 11.4. The van der Waals surface area contributed by atoms with Gasteiger partial charge in [-0.25, -0.2) is 9.97 Å². The van der Waals surface area contributed by atoms with Crippen molar-refractivity contribution in [3.05, 3.63) is 17.4 Å². The molecule has 2 aliphatic heterocycles. The monoisotopic (exact) mass is 398 g/mol. The third-order valence-corrected chi connectivity index (χ3v) is 6.67. The molecule has 26 heavy (non-hydrogen) atoms. The molecular formula is C19H31ClN4OS. The van der Waals surface area contributed by atoms with Crippen LogP contribution >= 0.6 is 23.5 Å². The van der Waals surface area contributed by atoms with Gasteiger partial charge in [0.05, 0.1) is 17.4 Å². The van der Waals surface area contributed by atoms with E-state index in [4.69, 9.17) is 16.3 Å². The summed E-state index contributed by atoms with van der Waals surface area (Å²) >= 11 is 7.73. The number of hydrogen-bond acceptors (Lipinski definition) is 6. The molecule has 2 saturated heterocycles. The van der Waals surface area contributed by atoms with Gasteiger partial charge in [-0.1, -0.05) is 23.5 Å². The molecule has 7 heteroatoms. The van der Waals surface area contributed by atoms with Crippen molar-refractivity contribution in [3.8, 4) is 0 Å². The number of ether oxygens (including phenoxy) is 1. The summed E-state index contributed by atoms with van der Waals surface area (Å²) in [5, 5.41) is 0.596. The standard InChI is InChI=1S/C19H31ClN4OS/c1-26-24-10-6-17(7-11-24)15-25-12-2-3-16-4-8-23(9-5-16)19-21-13-18(20)14-22-19/h13-14,16-17H,2-12,15H2,1H3. The zero-order chi connectivity index (χ0) is 18.2. The largest absolute Gasteiger partial charge is 0.381 e. The highest BCUT2D eigenvalue weighted by Crippen LogP contribution is 2.25. The van der Waals surface area contributed by atoms with Crippen LogP contribution in [0.5, 0.6) is 0 Å². The van der Waals surface area contributed by atoms with E-state index in [9.17, 15) is 0 Å². The Morgan fingerprint density at radius 2 is 1.73 bits per heavy atom. The van der Waals surface area contributed by atoms with Gasteiger partial charge in [0.15, 0.2) is 0 Å². The van der Waals surface area contributed by atoms with E-state index in [-0.39, 0.29) is 0 Å². The van der Waals surface area contributed by atoms with Crippen LogP contribution in [0.25, 0.3) is 0 Å². The van der Waals surface area contributed by atoms with E-state index in [1.165, 1.54) is 51.6 Å². The molecule has 146 valence electrons. The molecule has 5 nitrogen and oxygen atoms in total. The summed E-state index contributed by atoms with van der Waals surface area (Å²) in [4.78, 5) is 10.9. The molecule has 0 spiro atoms. The summed E-state index contributed by atoms with van der Waals surface area (Å²) in [7, 11) is 0. The summed E-state index contributed by atoms with van der Waals surface area (Å²) in [5.41, 5.74) is 0. The van der Waals surface area contributed by atoms with Crippen molar-refractivity contribution >= 4 is 29.5 Å². The van der Waals surface area contributed by atoms with Crippen LogP contribution < -0.4 is 4.90 Å². The lowest BCUT2D eigenvalue weighted by Crippen LogP contribution is -2.34. The number of anilines is 1. The van der Waals surface area contributed by atoms with E-state index >= 15 is 0 Å². The Hall–Kier alpha value is -0.560.